The van der Waals surface area contributed by atoms with E-state index in [4.69, 9.17) is 4.74 Å². The number of nitrogens with one attached hydrogen (secondary N) is 1. The quantitative estimate of drug-likeness (QED) is 0.832. The molecule has 16 heavy (non-hydrogen) atoms. The van der Waals surface area contributed by atoms with Crippen LogP contribution in [0.5, 0.6) is 5.75 Å². The van der Waals surface area contributed by atoms with Crippen molar-refractivity contribution < 1.29 is 9.13 Å². The Morgan fingerprint density at radius 2 is 2.12 bits per heavy atom. The van der Waals surface area contributed by atoms with Gasteiger partial charge in [-0.2, -0.15) is 0 Å². The molecule has 0 saturated carbocycles. The second-order valence-corrected chi connectivity index (χ2v) is 4.42. The van der Waals surface area contributed by atoms with Gasteiger partial charge in [0.05, 0.1) is 7.11 Å². The zero-order valence-corrected chi connectivity index (χ0v) is 10.1. The third kappa shape index (κ3) is 1.80. The van der Waals surface area contributed by atoms with Crippen molar-refractivity contribution in [3.05, 3.63) is 28.6 Å². The van der Waals surface area contributed by atoms with Gasteiger partial charge in [-0.15, -0.1) is 0 Å². The highest BCUT2D eigenvalue weighted by atomic mass is 19.1. The van der Waals surface area contributed by atoms with E-state index in [9.17, 15) is 4.39 Å². The van der Waals surface area contributed by atoms with Gasteiger partial charge in [0.25, 0.3) is 0 Å². The van der Waals surface area contributed by atoms with Crippen molar-refractivity contribution in [2.45, 2.75) is 26.2 Å². The first-order chi connectivity index (χ1) is 7.65. The maximum atomic E-state index is 13.8. The molecule has 2 rings (SSSR count). The predicted octanol–water partition coefficient (Wildman–Crippen LogP) is 2.53. The molecule has 0 amide bonds. The van der Waals surface area contributed by atoms with Crippen molar-refractivity contribution in [1.29, 1.82) is 0 Å². The normalized spacial score (nSPS) is 20.1. The summed E-state index contributed by atoms with van der Waals surface area (Å²) in [6.07, 6.45) is 1.08. The molecule has 1 aromatic carbocycles. The van der Waals surface area contributed by atoms with E-state index in [0.29, 0.717) is 17.2 Å². The molecule has 1 atom stereocenters. The van der Waals surface area contributed by atoms with Crippen LogP contribution < -0.4 is 10.1 Å². The first-order valence-corrected chi connectivity index (χ1v) is 5.69. The molecule has 1 aliphatic rings. The molecule has 0 spiro atoms. The molecule has 2 nitrogen and oxygen atoms in total. The third-order valence-electron chi connectivity index (χ3n) is 3.46. The number of methoxy groups -OCH3 is 1. The monoisotopic (exact) mass is 223 g/mol. The number of rotatable bonds is 2. The zero-order chi connectivity index (χ0) is 11.7. The lowest BCUT2D eigenvalue weighted by molar-refractivity contribution is 0.402. The van der Waals surface area contributed by atoms with Crippen molar-refractivity contribution in [2.75, 3.05) is 20.2 Å². The van der Waals surface area contributed by atoms with Crippen molar-refractivity contribution in [3.8, 4) is 5.75 Å². The summed E-state index contributed by atoms with van der Waals surface area (Å²) < 4.78 is 19.1. The number of benzene rings is 1. The minimum atomic E-state index is -0.163. The Morgan fingerprint density at radius 3 is 2.69 bits per heavy atom. The van der Waals surface area contributed by atoms with Crippen LogP contribution in [0.15, 0.2) is 6.07 Å². The summed E-state index contributed by atoms with van der Waals surface area (Å²) in [4.78, 5) is 0. The number of ether oxygens (including phenoxy) is 1. The van der Waals surface area contributed by atoms with Gasteiger partial charge in [-0.25, -0.2) is 4.39 Å². The molecule has 88 valence electrons. The Labute approximate surface area is 95.8 Å². The van der Waals surface area contributed by atoms with Gasteiger partial charge in [0.15, 0.2) is 0 Å². The summed E-state index contributed by atoms with van der Waals surface area (Å²) in [5.41, 5.74) is 2.77. The maximum Gasteiger partial charge on any atom is 0.130 e. The summed E-state index contributed by atoms with van der Waals surface area (Å²) in [7, 11) is 1.60. The molecule has 0 aromatic heterocycles. The van der Waals surface area contributed by atoms with E-state index in [1.54, 1.807) is 20.1 Å². The Bertz CT molecular complexity index is 397. The van der Waals surface area contributed by atoms with Crippen LogP contribution in [0.2, 0.25) is 0 Å². The number of hydrogen-bond donors (Lipinski definition) is 1. The largest absolute Gasteiger partial charge is 0.496 e. The van der Waals surface area contributed by atoms with Gasteiger partial charge in [-0.05, 0) is 49.9 Å². The first-order valence-electron chi connectivity index (χ1n) is 5.69. The Hall–Kier alpha value is -1.09. The average Bonchev–Trinajstić information content (AvgIpc) is 2.77. The lowest BCUT2D eigenvalue weighted by atomic mass is 9.92. The number of hydrogen-bond acceptors (Lipinski definition) is 2. The highest BCUT2D eigenvalue weighted by molar-refractivity contribution is 5.47. The average molecular weight is 223 g/mol. The fourth-order valence-corrected chi connectivity index (χ4v) is 2.52. The van der Waals surface area contributed by atoms with Crippen LogP contribution in [0, 0.1) is 19.7 Å². The molecule has 0 bridgehead atoms. The van der Waals surface area contributed by atoms with Gasteiger partial charge in [0.2, 0.25) is 0 Å². The maximum absolute atomic E-state index is 13.8. The fourth-order valence-electron chi connectivity index (χ4n) is 2.52. The minimum absolute atomic E-state index is 0.163. The molecule has 1 saturated heterocycles. The standard InChI is InChI=1S/C13H18FNO/c1-8-11(10-4-5-15-7-10)6-12(14)9(2)13(8)16-3/h6,10,15H,4-5,7H2,1-3H3. The molecule has 1 N–H and O–H groups in total. The van der Waals surface area contributed by atoms with E-state index in [0.717, 1.165) is 30.6 Å². The SMILES string of the molecule is COc1c(C)c(F)cc(C2CCNC2)c1C. The molecule has 1 unspecified atom stereocenters. The molecule has 0 aliphatic carbocycles. The van der Waals surface area contributed by atoms with Crippen LogP contribution in [-0.2, 0) is 0 Å². The molecular formula is C13H18FNO. The van der Waals surface area contributed by atoms with Crippen molar-refractivity contribution in [2.24, 2.45) is 0 Å². The first kappa shape index (κ1) is 11.4. The summed E-state index contributed by atoms with van der Waals surface area (Å²) in [6.45, 7) is 5.73. The molecule has 1 aliphatic heterocycles. The smallest absolute Gasteiger partial charge is 0.130 e. The van der Waals surface area contributed by atoms with Crippen molar-refractivity contribution >= 4 is 0 Å². The van der Waals surface area contributed by atoms with Crippen molar-refractivity contribution in [3.63, 3.8) is 0 Å². The lowest BCUT2D eigenvalue weighted by Gasteiger charge is -2.17. The predicted molar refractivity (Wildman–Crippen MR) is 62.7 cm³/mol. The van der Waals surface area contributed by atoms with E-state index in [1.807, 2.05) is 6.92 Å². The molecule has 1 fully saturated rings. The van der Waals surface area contributed by atoms with Crippen LogP contribution in [0.25, 0.3) is 0 Å². The Morgan fingerprint density at radius 1 is 1.38 bits per heavy atom. The molecule has 1 heterocycles. The third-order valence-corrected chi connectivity index (χ3v) is 3.46. The highest BCUT2D eigenvalue weighted by Crippen LogP contribution is 2.34. The molecule has 3 heteroatoms. The zero-order valence-electron chi connectivity index (χ0n) is 10.1. The van der Waals surface area contributed by atoms with Crippen LogP contribution in [0.3, 0.4) is 0 Å². The number of halogens is 1. The van der Waals surface area contributed by atoms with Gasteiger partial charge in [-0.3, -0.25) is 0 Å². The van der Waals surface area contributed by atoms with Crippen LogP contribution in [-0.4, -0.2) is 20.2 Å². The van der Waals surface area contributed by atoms with Gasteiger partial charge in [-0.1, -0.05) is 0 Å². The Kier molecular flexibility index (Phi) is 3.15. The van der Waals surface area contributed by atoms with E-state index in [1.165, 1.54) is 0 Å². The van der Waals surface area contributed by atoms with E-state index < -0.39 is 0 Å². The van der Waals surface area contributed by atoms with E-state index in [-0.39, 0.29) is 5.82 Å². The summed E-state index contributed by atoms with van der Waals surface area (Å²) >= 11 is 0. The van der Waals surface area contributed by atoms with E-state index >= 15 is 0 Å². The summed E-state index contributed by atoms with van der Waals surface area (Å²) in [6, 6.07) is 1.67. The lowest BCUT2D eigenvalue weighted by Crippen LogP contribution is -2.10. The van der Waals surface area contributed by atoms with Crippen LogP contribution in [0.4, 0.5) is 4.39 Å². The van der Waals surface area contributed by atoms with Gasteiger partial charge in [0.1, 0.15) is 11.6 Å². The Balaban J connectivity index is 2.49. The van der Waals surface area contributed by atoms with Crippen LogP contribution in [0.1, 0.15) is 29.0 Å². The molecular weight excluding hydrogens is 205 g/mol. The topological polar surface area (TPSA) is 21.3 Å². The molecule has 1 aromatic rings. The van der Waals surface area contributed by atoms with Crippen molar-refractivity contribution in [1.82, 2.24) is 5.32 Å². The minimum Gasteiger partial charge on any atom is -0.496 e. The van der Waals surface area contributed by atoms with Gasteiger partial charge >= 0.3 is 0 Å². The van der Waals surface area contributed by atoms with Gasteiger partial charge < -0.3 is 10.1 Å². The molecule has 0 radical (unpaired) electrons. The van der Waals surface area contributed by atoms with E-state index in [2.05, 4.69) is 5.32 Å². The second kappa shape index (κ2) is 4.42. The van der Waals surface area contributed by atoms with Gasteiger partial charge in [0, 0.05) is 12.1 Å². The fraction of sp³-hybridized carbons (Fsp3) is 0.538. The summed E-state index contributed by atoms with van der Waals surface area (Å²) in [5, 5.41) is 3.31. The second-order valence-electron chi connectivity index (χ2n) is 4.42. The highest BCUT2D eigenvalue weighted by Gasteiger charge is 2.22. The van der Waals surface area contributed by atoms with Crippen LogP contribution >= 0.6 is 0 Å². The summed E-state index contributed by atoms with van der Waals surface area (Å²) in [5.74, 6) is 0.954.